The molecule has 0 saturated carbocycles. The van der Waals surface area contributed by atoms with Crippen LogP contribution in [0.5, 0.6) is 0 Å². The van der Waals surface area contributed by atoms with Crippen LogP contribution in [0.2, 0.25) is 5.02 Å². The molecule has 0 atom stereocenters. The third-order valence-electron chi connectivity index (χ3n) is 5.07. The lowest BCUT2D eigenvalue weighted by molar-refractivity contribution is -0.129. The molecule has 0 spiro atoms. The average molecular weight is 493 g/mol. The van der Waals surface area contributed by atoms with E-state index in [0.717, 1.165) is 11.1 Å². The van der Waals surface area contributed by atoms with Crippen molar-refractivity contribution in [3.05, 3.63) is 113 Å². The number of carbonyl (C=O) groups is 1. The van der Waals surface area contributed by atoms with E-state index in [9.17, 15) is 13.2 Å². The predicted octanol–water partition coefficient (Wildman–Crippen LogP) is 5.37. The van der Waals surface area contributed by atoms with Crippen LogP contribution in [0.3, 0.4) is 0 Å². The molecular formula is C26H21ClN2O4S. The van der Waals surface area contributed by atoms with Gasteiger partial charge in [0.2, 0.25) is 5.90 Å². The molecule has 3 aromatic carbocycles. The Morgan fingerprint density at radius 2 is 1.79 bits per heavy atom. The van der Waals surface area contributed by atoms with Gasteiger partial charge < -0.3 is 4.74 Å². The van der Waals surface area contributed by atoms with Crippen LogP contribution in [0.15, 0.2) is 101 Å². The van der Waals surface area contributed by atoms with Gasteiger partial charge >= 0.3 is 5.97 Å². The fourth-order valence-electron chi connectivity index (χ4n) is 3.49. The molecule has 6 nitrogen and oxygen atoms in total. The number of nitrogens with zero attached hydrogens (tertiary/aromatic N) is 2. The number of esters is 1. The Morgan fingerprint density at radius 3 is 2.50 bits per heavy atom. The van der Waals surface area contributed by atoms with Crippen molar-refractivity contribution in [2.45, 2.75) is 11.8 Å². The van der Waals surface area contributed by atoms with Crippen molar-refractivity contribution >= 4 is 45.3 Å². The number of hydrogen-bond donors (Lipinski definition) is 0. The lowest BCUT2D eigenvalue weighted by Gasteiger charge is -2.25. The van der Waals surface area contributed by atoms with Gasteiger partial charge in [-0.2, -0.15) is 0 Å². The first kappa shape index (κ1) is 23.5. The first-order valence-electron chi connectivity index (χ1n) is 10.4. The fourth-order valence-corrected chi connectivity index (χ4v) is 5.07. The van der Waals surface area contributed by atoms with Gasteiger partial charge in [0, 0.05) is 5.02 Å². The van der Waals surface area contributed by atoms with E-state index in [-0.39, 0.29) is 23.0 Å². The van der Waals surface area contributed by atoms with E-state index in [1.54, 1.807) is 30.3 Å². The van der Waals surface area contributed by atoms with Crippen molar-refractivity contribution in [1.29, 1.82) is 0 Å². The Balaban J connectivity index is 1.78. The van der Waals surface area contributed by atoms with Gasteiger partial charge in [-0.1, -0.05) is 59.6 Å². The smallest absolute Gasteiger partial charge is 0.363 e. The zero-order chi connectivity index (χ0) is 24.3. The fraction of sp³-hybridized carbons (Fsp3) is 0.0769. The number of aliphatic imine (C=N–C) groups is 1. The summed E-state index contributed by atoms with van der Waals surface area (Å²) in [6.07, 6.45) is 3.12. The average Bonchev–Trinajstić information content (AvgIpc) is 3.17. The maximum Gasteiger partial charge on any atom is 0.363 e. The van der Waals surface area contributed by atoms with E-state index < -0.39 is 16.0 Å². The van der Waals surface area contributed by atoms with Crippen LogP contribution in [-0.2, 0) is 19.6 Å². The summed E-state index contributed by atoms with van der Waals surface area (Å²) < 4.78 is 33.6. The molecule has 0 aromatic heterocycles. The molecule has 0 amide bonds. The van der Waals surface area contributed by atoms with E-state index in [2.05, 4.69) is 11.6 Å². The molecule has 4 rings (SSSR count). The summed E-state index contributed by atoms with van der Waals surface area (Å²) in [5.74, 6) is -0.581. The minimum absolute atomic E-state index is 0.00477. The molecule has 8 heteroatoms. The Hall–Kier alpha value is -3.68. The maximum atomic E-state index is 13.5. The lowest BCUT2D eigenvalue weighted by atomic mass is 10.1. The van der Waals surface area contributed by atoms with Gasteiger partial charge in [0.1, 0.15) is 0 Å². The highest BCUT2D eigenvalue weighted by molar-refractivity contribution is 7.92. The molecule has 1 aliphatic heterocycles. The number of halogens is 1. The van der Waals surface area contributed by atoms with Crippen molar-refractivity contribution in [2.75, 3.05) is 10.8 Å². The number of cyclic esters (lactones) is 1. The molecule has 0 bridgehead atoms. The van der Waals surface area contributed by atoms with E-state index in [1.165, 1.54) is 34.6 Å². The number of benzene rings is 3. The number of sulfonamides is 1. The van der Waals surface area contributed by atoms with Crippen LogP contribution in [0, 0.1) is 6.92 Å². The molecule has 1 aliphatic rings. The number of hydrogen-bond acceptors (Lipinski definition) is 5. The van der Waals surface area contributed by atoms with Gasteiger partial charge in [-0.15, -0.1) is 6.58 Å². The zero-order valence-corrected chi connectivity index (χ0v) is 19.9. The molecule has 3 aromatic rings. The molecule has 34 heavy (non-hydrogen) atoms. The number of ether oxygens (including phenoxy) is 1. The van der Waals surface area contributed by atoms with Gasteiger partial charge in [0.15, 0.2) is 5.70 Å². The van der Waals surface area contributed by atoms with Crippen LogP contribution < -0.4 is 4.31 Å². The topological polar surface area (TPSA) is 76.0 Å². The Bertz CT molecular complexity index is 1430. The van der Waals surface area contributed by atoms with E-state index >= 15 is 0 Å². The van der Waals surface area contributed by atoms with Crippen molar-refractivity contribution < 1.29 is 17.9 Å². The first-order chi connectivity index (χ1) is 16.3. The molecule has 0 saturated heterocycles. The third kappa shape index (κ3) is 4.81. The number of rotatable bonds is 7. The van der Waals surface area contributed by atoms with Crippen molar-refractivity contribution in [3.8, 4) is 0 Å². The maximum absolute atomic E-state index is 13.5. The molecule has 0 N–H and O–H groups in total. The molecule has 0 aliphatic carbocycles. The van der Waals surface area contributed by atoms with Crippen molar-refractivity contribution in [2.24, 2.45) is 4.99 Å². The number of carbonyl (C=O) groups excluding carboxylic acids is 1. The summed E-state index contributed by atoms with van der Waals surface area (Å²) in [6, 6.07) is 20.2. The lowest BCUT2D eigenvalue weighted by Crippen LogP contribution is -2.32. The normalized spacial score (nSPS) is 14.6. The first-order valence-corrected chi connectivity index (χ1v) is 12.2. The number of anilines is 1. The largest absolute Gasteiger partial charge is 0.402 e. The van der Waals surface area contributed by atoms with E-state index in [0.29, 0.717) is 16.3 Å². The molecule has 0 unspecified atom stereocenters. The van der Waals surface area contributed by atoms with Gasteiger partial charge in [-0.3, -0.25) is 4.31 Å². The van der Waals surface area contributed by atoms with Crippen LogP contribution >= 0.6 is 11.6 Å². The second kappa shape index (κ2) is 9.67. The summed E-state index contributed by atoms with van der Waals surface area (Å²) in [6.45, 7) is 5.65. The highest BCUT2D eigenvalue weighted by Gasteiger charge is 2.31. The van der Waals surface area contributed by atoms with Crippen LogP contribution in [0.1, 0.15) is 16.7 Å². The predicted molar refractivity (Wildman–Crippen MR) is 134 cm³/mol. The third-order valence-corrected chi connectivity index (χ3v) is 7.11. The zero-order valence-electron chi connectivity index (χ0n) is 18.3. The quantitative estimate of drug-likeness (QED) is 0.252. The van der Waals surface area contributed by atoms with Gasteiger partial charge in [0.05, 0.1) is 22.7 Å². The Labute approximate surface area is 203 Å². The van der Waals surface area contributed by atoms with E-state index in [4.69, 9.17) is 16.3 Å². The summed E-state index contributed by atoms with van der Waals surface area (Å²) in [5.41, 5.74) is 2.65. The Kier molecular flexibility index (Phi) is 6.68. The van der Waals surface area contributed by atoms with Gasteiger partial charge in [-0.25, -0.2) is 18.2 Å². The SMILES string of the molecule is C=CCN(c1ccccc1C1=N/C(=C\c2cccc(C)c2)C(=O)O1)S(=O)(=O)c1ccc(Cl)cc1. The highest BCUT2D eigenvalue weighted by Crippen LogP contribution is 2.31. The number of aryl methyl sites for hydroxylation is 1. The van der Waals surface area contributed by atoms with Crippen LogP contribution in [0.4, 0.5) is 5.69 Å². The Morgan fingerprint density at radius 1 is 1.06 bits per heavy atom. The summed E-state index contributed by atoms with van der Waals surface area (Å²) >= 11 is 5.93. The molecule has 1 heterocycles. The standard InChI is InChI=1S/C26H21ClN2O4S/c1-3-15-29(34(31,32)21-13-11-20(27)12-14-21)24-10-5-4-9-22(24)25-28-23(26(30)33-25)17-19-8-6-7-18(2)16-19/h3-14,16-17H,1,15H2,2H3/b23-17-. The minimum atomic E-state index is -3.97. The summed E-state index contributed by atoms with van der Waals surface area (Å²) in [5, 5.41) is 0.426. The molecule has 0 radical (unpaired) electrons. The molecule has 0 fully saturated rings. The second-order valence-corrected chi connectivity index (χ2v) is 9.84. The summed E-state index contributed by atoms with van der Waals surface area (Å²) in [4.78, 5) is 17.0. The minimum Gasteiger partial charge on any atom is -0.402 e. The number of para-hydroxylation sites is 1. The van der Waals surface area contributed by atoms with Gasteiger partial charge in [0.25, 0.3) is 10.0 Å². The van der Waals surface area contributed by atoms with Gasteiger partial charge in [-0.05, 0) is 55.0 Å². The second-order valence-electron chi connectivity index (χ2n) is 7.55. The molecule has 172 valence electrons. The van der Waals surface area contributed by atoms with Crippen molar-refractivity contribution in [3.63, 3.8) is 0 Å². The van der Waals surface area contributed by atoms with Crippen LogP contribution in [-0.4, -0.2) is 26.8 Å². The highest BCUT2D eigenvalue weighted by atomic mass is 35.5. The van der Waals surface area contributed by atoms with Crippen LogP contribution in [0.25, 0.3) is 6.08 Å². The van der Waals surface area contributed by atoms with E-state index in [1.807, 2.05) is 31.2 Å². The van der Waals surface area contributed by atoms with Crippen molar-refractivity contribution in [1.82, 2.24) is 0 Å². The monoisotopic (exact) mass is 492 g/mol. The summed E-state index contributed by atoms with van der Waals surface area (Å²) in [7, 11) is -3.97. The molecular weight excluding hydrogens is 472 g/mol.